The number of anilines is 1. The monoisotopic (exact) mass is 639 g/mol. The van der Waals surface area contributed by atoms with E-state index in [1.807, 2.05) is 24.3 Å². The summed E-state index contributed by atoms with van der Waals surface area (Å²) in [6.07, 6.45) is 30.8. The molecule has 49 heavy (non-hydrogen) atoms. The molecule has 4 aromatic rings. The fourth-order valence-corrected chi connectivity index (χ4v) is 8.38. The summed E-state index contributed by atoms with van der Waals surface area (Å²) in [5.41, 5.74) is 7.33. The minimum atomic E-state index is -0.212. The van der Waals surface area contributed by atoms with E-state index in [1.165, 1.54) is 55.5 Å². The molecule has 0 fully saturated rings. The van der Waals surface area contributed by atoms with Gasteiger partial charge < -0.3 is 4.90 Å². The maximum absolute atomic E-state index is 4.15. The SMILES string of the molecule is C=CCC1(CC=C)C(/C=C/C=C/C=C/C=C/C=C2/N(C)c3ccc4ccccc4c3C2(CC=C)CC=C)=[N+](C)c2ccc3ccccc3c21. The number of allylic oxidation sites excluding steroid dienone is 14. The minimum Gasteiger partial charge on any atom is -0.347 e. The summed E-state index contributed by atoms with van der Waals surface area (Å²) in [6, 6.07) is 26.3. The predicted molar refractivity (Wildman–Crippen MR) is 214 cm³/mol. The fraction of sp³-hybridized carbons (Fsp3) is 0.170. The van der Waals surface area contributed by atoms with Crippen molar-refractivity contribution in [2.45, 2.75) is 36.5 Å². The van der Waals surface area contributed by atoms with Crippen LogP contribution in [0.3, 0.4) is 0 Å². The first-order valence-electron chi connectivity index (χ1n) is 17.2. The quantitative estimate of drug-likeness (QED) is 0.0801. The van der Waals surface area contributed by atoms with Gasteiger partial charge in [0, 0.05) is 41.6 Å². The molecule has 2 nitrogen and oxygen atoms in total. The smallest absolute Gasteiger partial charge is 0.210 e. The van der Waals surface area contributed by atoms with Gasteiger partial charge >= 0.3 is 0 Å². The Hall–Kier alpha value is -5.47. The molecular weight excluding hydrogens is 593 g/mol. The largest absolute Gasteiger partial charge is 0.347 e. The van der Waals surface area contributed by atoms with Gasteiger partial charge in [0.1, 0.15) is 7.05 Å². The molecule has 2 aliphatic rings. The molecule has 6 rings (SSSR count). The van der Waals surface area contributed by atoms with Crippen LogP contribution >= 0.6 is 0 Å². The van der Waals surface area contributed by atoms with Gasteiger partial charge in [0.15, 0.2) is 5.71 Å². The van der Waals surface area contributed by atoms with Gasteiger partial charge in [-0.25, -0.2) is 0 Å². The highest BCUT2D eigenvalue weighted by Gasteiger charge is 2.49. The molecule has 2 aliphatic heterocycles. The standard InChI is InChI=1S/C47H47N2/c1-7-32-46(33-8-2)42(48(5)40-30-28-36-22-18-20-24-38(36)44(40)46)26-16-14-12-11-13-15-17-27-43-47(34-9-3,35-10-4)45-39-25-21-19-23-37(39)29-31-41(45)49(43)6/h7-31H,1-4,32-35H2,5-6H3/q+1. The Morgan fingerprint density at radius 3 is 1.71 bits per heavy atom. The Bertz CT molecular complexity index is 2110. The van der Waals surface area contributed by atoms with Crippen LogP contribution in [0.2, 0.25) is 0 Å². The van der Waals surface area contributed by atoms with Crippen molar-refractivity contribution < 1.29 is 4.58 Å². The number of likely N-dealkylation sites (N-methyl/N-ethyl adjacent to an activating group) is 1. The lowest BCUT2D eigenvalue weighted by molar-refractivity contribution is -0.401. The maximum Gasteiger partial charge on any atom is 0.210 e. The van der Waals surface area contributed by atoms with E-state index in [4.69, 9.17) is 0 Å². The summed E-state index contributed by atoms with van der Waals surface area (Å²) in [6.45, 7) is 16.6. The van der Waals surface area contributed by atoms with Crippen LogP contribution < -0.4 is 4.90 Å². The Kier molecular flexibility index (Phi) is 9.78. The summed E-state index contributed by atoms with van der Waals surface area (Å²) < 4.78 is 2.34. The van der Waals surface area contributed by atoms with E-state index in [1.54, 1.807) is 0 Å². The number of rotatable bonds is 13. The number of hydrogen-bond acceptors (Lipinski definition) is 1. The zero-order chi connectivity index (χ0) is 34.4. The Morgan fingerprint density at radius 1 is 0.592 bits per heavy atom. The van der Waals surface area contributed by atoms with Crippen molar-refractivity contribution >= 4 is 38.6 Å². The van der Waals surface area contributed by atoms with E-state index in [0.717, 1.165) is 25.7 Å². The predicted octanol–water partition coefficient (Wildman–Crippen LogP) is 11.8. The van der Waals surface area contributed by atoms with Crippen molar-refractivity contribution in [3.05, 3.63) is 195 Å². The van der Waals surface area contributed by atoms with Crippen molar-refractivity contribution in [2.75, 3.05) is 19.0 Å². The van der Waals surface area contributed by atoms with E-state index >= 15 is 0 Å². The third kappa shape index (κ3) is 5.72. The molecule has 0 radical (unpaired) electrons. The van der Waals surface area contributed by atoms with E-state index < -0.39 is 0 Å². The molecule has 0 amide bonds. The zero-order valence-electron chi connectivity index (χ0n) is 29.0. The molecule has 2 heteroatoms. The van der Waals surface area contributed by atoms with Crippen molar-refractivity contribution in [3.8, 4) is 0 Å². The molecule has 2 heterocycles. The molecular formula is C47H47N2+. The number of hydrogen-bond donors (Lipinski definition) is 0. The summed E-state index contributed by atoms with van der Waals surface area (Å²) >= 11 is 0. The summed E-state index contributed by atoms with van der Waals surface area (Å²) in [5, 5.41) is 5.12. The van der Waals surface area contributed by atoms with Gasteiger partial charge in [-0.2, -0.15) is 4.58 Å². The van der Waals surface area contributed by atoms with Crippen LogP contribution in [0.4, 0.5) is 11.4 Å². The van der Waals surface area contributed by atoms with Crippen molar-refractivity contribution in [1.82, 2.24) is 0 Å². The van der Waals surface area contributed by atoms with Crippen molar-refractivity contribution in [1.29, 1.82) is 0 Å². The second kappa shape index (κ2) is 14.3. The topological polar surface area (TPSA) is 6.25 Å². The lowest BCUT2D eigenvalue weighted by Gasteiger charge is -2.31. The van der Waals surface area contributed by atoms with Crippen LogP contribution in [-0.4, -0.2) is 24.4 Å². The van der Waals surface area contributed by atoms with E-state index in [0.29, 0.717) is 0 Å². The van der Waals surface area contributed by atoms with Gasteiger partial charge in [0.2, 0.25) is 5.69 Å². The van der Waals surface area contributed by atoms with E-state index in [2.05, 4.69) is 177 Å². The van der Waals surface area contributed by atoms with E-state index in [9.17, 15) is 0 Å². The summed E-state index contributed by atoms with van der Waals surface area (Å²) in [5.74, 6) is 0. The first kappa shape index (κ1) is 33.4. The maximum atomic E-state index is 4.15. The highest BCUT2D eigenvalue weighted by molar-refractivity contribution is 6.08. The third-order valence-electron chi connectivity index (χ3n) is 10.3. The average Bonchev–Trinajstić information content (AvgIpc) is 3.48. The minimum absolute atomic E-state index is 0.212. The second-order valence-electron chi connectivity index (χ2n) is 13.1. The van der Waals surface area contributed by atoms with Crippen LogP contribution in [-0.2, 0) is 10.8 Å². The lowest BCUT2D eigenvalue weighted by Crippen LogP contribution is -2.33. The molecule has 0 aromatic heterocycles. The van der Waals surface area contributed by atoms with Crippen LogP contribution in [0, 0.1) is 0 Å². The summed E-state index contributed by atoms with van der Waals surface area (Å²) in [4.78, 5) is 2.34. The van der Waals surface area contributed by atoms with Gasteiger partial charge in [0.25, 0.3) is 0 Å². The zero-order valence-corrected chi connectivity index (χ0v) is 29.0. The van der Waals surface area contributed by atoms with Crippen LogP contribution in [0.15, 0.2) is 184 Å². The van der Waals surface area contributed by atoms with Crippen molar-refractivity contribution in [2.24, 2.45) is 0 Å². The normalized spacial score (nSPS) is 17.3. The Balaban J connectivity index is 1.24. The molecule has 0 unspecified atom stereocenters. The molecule has 0 N–H and O–H groups in total. The number of benzene rings is 4. The highest BCUT2D eigenvalue weighted by Crippen LogP contribution is 2.54. The van der Waals surface area contributed by atoms with Gasteiger partial charge in [-0.1, -0.05) is 121 Å². The number of fused-ring (bicyclic) bond motifs is 6. The molecule has 0 bridgehead atoms. The number of nitrogens with zero attached hydrogens (tertiary/aromatic N) is 2. The van der Waals surface area contributed by atoms with Crippen LogP contribution in [0.1, 0.15) is 36.8 Å². The first-order valence-corrected chi connectivity index (χ1v) is 17.2. The first-order chi connectivity index (χ1) is 24.0. The van der Waals surface area contributed by atoms with Gasteiger partial charge in [-0.3, -0.25) is 0 Å². The molecule has 4 aromatic carbocycles. The Labute approximate surface area is 292 Å². The van der Waals surface area contributed by atoms with Crippen LogP contribution in [0.25, 0.3) is 21.5 Å². The molecule has 0 saturated heterocycles. The highest BCUT2D eigenvalue weighted by atomic mass is 15.2. The molecule has 0 spiro atoms. The average molecular weight is 640 g/mol. The molecule has 0 aliphatic carbocycles. The lowest BCUT2D eigenvalue weighted by atomic mass is 9.70. The third-order valence-corrected chi connectivity index (χ3v) is 10.3. The van der Waals surface area contributed by atoms with E-state index in [-0.39, 0.29) is 10.8 Å². The van der Waals surface area contributed by atoms with Gasteiger partial charge in [-0.05, 0) is 71.0 Å². The van der Waals surface area contributed by atoms with Gasteiger partial charge in [0.05, 0.1) is 5.41 Å². The second-order valence-corrected chi connectivity index (χ2v) is 13.1. The van der Waals surface area contributed by atoms with Crippen LogP contribution in [0.5, 0.6) is 0 Å². The summed E-state index contributed by atoms with van der Waals surface area (Å²) in [7, 11) is 4.34. The van der Waals surface area contributed by atoms with Crippen molar-refractivity contribution in [3.63, 3.8) is 0 Å². The van der Waals surface area contributed by atoms with Gasteiger partial charge in [-0.15, -0.1) is 26.3 Å². The fourth-order valence-electron chi connectivity index (χ4n) is 8.38. The molecule has 0 atom stereocenters. The molecule has 244 valence electrons. The molecule has 0 saturated carbocycles. The Morgan fingerprint density at radius 2 is 1.10 bits per heavy atom.